The lowest BCUT2D eigenvalue weighted by molar-refractivity contribution is -0.136. The molecule has 0 aliphatic carbocycles. The summed E-state index contributed by atoms with van der Waals surface area (Å²) in [5.74, 6) is -2.50. The number of aromatic nitrogens is 3. The van der Waals surface area contributed by atoms with E-state index in [2.05, 4.69) is 5.10 Å². The van der Waals surface area contributed by atoms with Crippen LogP contribution in [0, 0.1) is 5.82 Å². The van der Waals surface area contributed by atoms with Crippen molar-refractivity contribution in [2.45, 2.75) is 32.0 Å². The van der Waals surface area contributed by atoms with Gasteiger partial charge in [0, 0.05) is 24.7 Å². The molecule has 168 valence electrons. The molecule has 1 amide bonds. The first-order chi connectivity index (χ1) is 15.1. The smallest absolute Gasteiger partial charge is 0.418 e. The quantitative estimate of drug-likeness (QED) is 0.418. The highest BCUT2D eigenvalue weighted by molar-refractivity contribution is 6.06. The van der Waals surface area contributed by atoms with E-state index in [4.69, 9.17) is 5.73 Å². The van der Waals surface area contributed by atoms with Gasteiger partial charge in [0.1, 0.15) is 23.1 Å². The van der Waals surface area contributed by atoms with Crippen LogP contribution in [-0.4, -0.2) is 25.4 Å². The van der Waals surface area contributed by atoms with Gasteiger partial charge in [0.15, 0.2) is 0 Å². The number of nitrogens with zero attached hydrogens (tertiary/aromatic N) is 3. The standard InChI is InChI=1S/C20H17F4N5O3/c21-13-8-11(18(31)26-14-5-4-10(25)7-12(14)20(22,23)24)16(30)9-15(13)29-19(32)28-6-2-1-3-17(28)27-29/h4-5,7-9,30H,1-3,6,25H2,(H,26,31). The van der Waals surface area contributed by atoms with Crippen LogP contribution >= 0.6 is 0 Å². The van der Waals surface area contributed by atoms with Gasteiger partial charge >= 0.3 is 11.9 Å². The summed E-state index contributed by atoms with van der Waals surface area (Å²) < 4.78 is 56.7. The summed E-state index contributed by atoms with van der Waals surface area (Å²) in [5.41, 5.74) is 1.83. The number of aromatic hydroxyl groups is 1. The van der Waals surface area contributed by atoms with Crippen molar-refractivity contribution in [3.05, 3.63) is 63.6 Å². The zero-order valence-electron chi connectivity index (χ0n) is 16.4. The van der Waals surface area contributed by atoms with Gasteiger partial charge in [-0.15, -0.1) is 5.10 Å². The van der Waals surface area contributed by atoms with Gasteiger partial charge in [0.2, 0.25) is 0 Å². The highest BCUT2D eigenvalue weighted by Crippen LogP contribution is 2.36. The number of phenols is 1. The van der Waals surface area contributed by atoms with Crippen molar-refractivity contribution in [2.24, 2.45) is 0 Å². The van der Waals surface area contributed by atoms with Crippen LogP contribution in [0.5, 0.6) is 5.75 Å². The van der Waals surface area contributed by atoms with Crippen LogP contribution < -0.4 is 16.7 Å². The number of nitrogens with one attached hydrogen (secondary N) is 1. The summed E-state index contributed by atoms with van der Waals surface area (Å²) in [5, 5.41) is 16.4. The molecule has 32 heavy (non-hydrogen) atoms. The molecule has 2 heterocycles. The molecule has 1 aliphatic heterocycles. The van der Waals surface area contributed by atoms with Crippen LogP contribution in [0.3, 0.4) is 0 Å². The van der Waals surface area contributed by atoms with Crippen molar-refractivity contribution in [2.75, 3.05) is 11.1 Å². The molecule has 0 saturated heterocycles. The van der Waals surface area contributed by atoms with Crippen molar-refractivity contribution in [3.63, 3.8) is 0 Å². The van der Waals surface area contributed by atoms with E-state index in [1.54, 1.807) is 0 Å². The minimum Gasteiger partial charge on any atom is -0.507 e. The number of benzene rings is 2. The molecule has 0 fully saturated rings. The number of hydrogen-bond donors (Lipinski definition) is 3. The second kappa shape index (κ2) is 7.70. The number of carbonyl (C=O) groups excluding carboxylic acids is 1. The molecule has 0 bridgehead atoms. The van der Waals surface area contributed by atoms with Gasteiger partial charge in [0.25, 0.3) is 5.91 Å². The molecule has 3 aromatic rings. The van der Waals surface area contributed by atoms with Crippen molar-refractivity contribution in [3.8, 4) is 11.4 Å². The molecule has 2 aromatic carbocycles. The SMILES string of the molecule is Nc1ccc(NC(=O)c2cc(F)c(-n3nc4n(c3=O)CCCC4)cc2O)c(C(F)(F)F)c1. The first kappa shape index (κ1) is 21.4. The van der Waals surface area contributed by atoms with Crippen molar-refractivity contribution >= 4 is 17.3 Å². The number of rotatable bonds is 3. The normalized spacial score (nSPS) is 13.6. The number of halogens is 4. The lowest BCUT2D eigenvalue weighted by atomic mass is 10.1. The lowest BCUT2D eigenvalue weighted by Crippen LogP contribution is -2.26. The Balaban J connectivity index is 1.69. The van der Waals surface area contributed by atoms with E-state index in [0.29, 0.717) is 30.9 Å². The Morgan fingerprint density at radius 2 is 1.94 bits per heavy atom. The summed E-state index contributed by atoms with van der Waals surface area (Å²) >= 11 is 0. The zero-order chi connectivity index (χ0) is 23.2. The Morgan fingerprint density at radius 1 is 1.19 bits per heavy atom. The Bertz CT molecular complexity index is 1280. The maximum Gasteiger partial charge on any atom is 0.418 e. The van der Waals surface area contributed by atoms with Crippen LogP contribution in [0.4, 0.5) is 28.9 Å². The van der Waals surface area contributed by atoms with E-state index in [1.807, 2.05) is 5.32 Å². The lowest BCUT2D eigenvalue weighted by Gasteiger charge is -2.15. The van der Waals surface area contributed by atoms with E-state index >= 15 is 0 Å². The van der Waals surface area contributed by atoms with Gasteiger partial charge in [-0.3, -0.25) is 9.36 Å². The number of aryl methyl sites for hydroxylation is 1. The van der Waals surface area contributed by atoms with E-state index < -0.39 is 46.2 Å². The molecule has 12 heteroatoms. The Labute approximate surface area is 177 Å². The van der Waals surface area contributed by atoms with Gasteiger partial charge in [0.05, 0.1) is 16.8 Å². The van der Waals surface area contributed by atoms with Crippen LogP contribution in [0.25, 0.3) is 5.69 Å². The number of nitrogens with two attached hydrogens (primary N) is 1. The molecular formula is C20H17F4N5O3. The summed E-state index contributed by atoms with van der Waals surface area (Å²) in [7, 11) is 0. The largest absolute Gasteiger partial charge is 0.507 e. The molecule has 0 atom stereocenters. The number of nitrogen functional groups attached to an aromatic ring is 1. The number of fused-ring (bicyclic) bond motifs is 1. The number of alkyl halides is 3. The first-order valence-corrected chi connectivity index (χ1v) is 9.56. The molecule has 1 aliphatic rings. The molecule has 4 rings (SSSR count). The van der Waals surface area contributed by atoms with Crippen molar-refractivity contribution < 1.29 is 27.5 Å². The molecule has 0 unspecified atom stereocenters. The molecule has 8 nitrogen and oxygen atoms in total. The second-order valence-electron chi connectivity index (χ2n) is 7.30. The molecule has 0 radical (unpaired) electrons. The number of hydrogen-bond acceptors (Lipinski definition) is 5. The molecule has 1 aromatic heterocycles. The van der Waals surface area contributed by atoms with Gasteiger partial charge in [-0.25, -0.2) is 9.18 Å². The molecular weight excluding hydrogens is 434 g/mol. The van der Waals surface area contributed by atoms with E-state index in [9.17, 15) is 32.3 Å². The minimum absolute atomic E-state index is 0.165. The minimum atomic E-state index is -4.81. The topological polar surface area (TPSA) is 115 Å². The third kappa shape index (κ3) is 3.79. The van der Waals surface area contributed by atoms with Crippen LogP contribution in [0.2, 0.25) is 0 Å². The number of anilines is 2. The van der Waals surface area contributed by atoms with Crippen LogP contribution in [0.1, 0.15) is 34.6 Å². The monoisotopic (exact) mass is 451 g/mol. The highest BCUT2D eigenvalue weighted by Gasteiger charge is 2.34. The summed E-state index contributed by atoms with van der Waals surface area (Å²) in [6.45, 7) is 0.436. The first-order valence-electron chi connectivity index (χ1n) is 9.56. The van der Waals surface area contributed by atoms with Gasteiger partial charge in [-0.2, -0.15) is 17.9 Å². The third-order valence-electron chi connectivity index (χ3n) is 5.11. The average Bonchev–Trinajstić information content (AvgIpc) is 3.06. The predicted octanol–water partition coefficient (Wildman–Crippen LogP) is 3.07. The maximum atomic E-state index is 14.8. The predicted molar refractivity (Wildman–Crippen MR) is 106 cm³/mol. The third-order valence-corrected chi connectivity index (χ3v) is 5.11. The Morgan fingerprint density at radius 3 is 2.62 bits per heavy atom. The Kier molecular flexibility index (Phi) is 5.15. The summed E-state index contributed by atoms with van der Waals surface area (Å²) in [6.07, 6.45) is -2.67. The van der Waals surface area contributed by atoms with Gasteiger partial charge < -0.3 is 16.2 Å². The fourth-order valence-electron chi connectivity index (χ4n) is 3.55. The van der Waals surface area contributed by atoms with Crippen molar-refractivity contribution in [1.82, 2.24) is 14.3 Å². The number of carbonyl (C=O) groups is 1. The Hall–Kier alpha value is -3.83. The number of phenolic OH excluding ortho intramolecular Hbond substituents is 1. The van der Waals surface area contributed by atoms with Gasteiger partial charge in [-0.1, -0.05) is 0 Å². The highest BCUT2D eigenvalue weighted by atomic mass is 19.4. The summed E-state index contributed by atoms with van der Waals surface area (Å²) in [4.78, 5) is 25.0. The van der Waals surface area contributed by atoms with E-state index in [0.717, 1.165) is 35.7 Å². The molecule has 4 N–H and O–H groups in total. The van der Waals surface area contributed by atoms with E-state index in [-0.39, 0.29) is 11.4 Å². The van der Waals surface area contributed by atoms with Crippen LogP contribution in [-0.2, 0) is 19.1 Å². The molecule has 0 spiro atoms. The second-order valence-corrected chi connectivity index (χ2v) is 7.30. The van der Waals surface area contributed by atoms with Crippen LogP contribution in [0.15, 0.2) is 35.1 Å². The van der Waals surface area contributed by atoms with E-state index in [1.165, 1.54) is 4.57 Å². The average molecular weight is 451 g/mol. The maximum absolute atomic E-state index is 14.8. The fraction of sp³-hybridized carbons (Fsp3) is 0.250. The van der Waals surface area contributed by atoms with Gasteiger partial charge in [-0.05, 0) is 37.1 Å². The van der Waals surface area contributed by atoms with Crippen molar-refractivity contribution in [1.29, 1.82) is 0 Å². The fourth-order valence-corrected chi connectivity index (χ4v) is 3.55. The molecule has 0 saturated carbocycles. The summed E-state index contributed by atoms with van der Waals surface area (Å²) in [6, 6.07) is 4.22. The number of amides is 1. The zero-order valence-corrected chi connectivity index (χ0v) is 16.4.